The Morgan fingerprint density at radius 1 is 1.03 bits per heavy atom. The normalized spacial score (nSPS) is 14.7. The molecule has 156 valence electrons. The van der Waals surface area contributed by atoms with E-state index in [0.717, 1.165) is 21.9 Å². The second-order valence-corrected chi connectivity index (χ2v) is 7.16. The molecule has 7 heteroatoms. The third-order valence-electron chi connectivity index (χ3n) is 5.19. The number of carbonyl (C=O) groups excluding carboxylic acids is 3. The number of aromatic amines is 1. The molecule has 0 spiro atoms. The van der Waals surface area contributed by atoms with E-state index in [4.69, 9.17) is 4.74 Å². The Hall–Kier alpha value is -4.00. The van der Waals surface area contributed by atoms with Gasteiger partial charge in [-0.3, -0.25) is 14.7 Å². The topological polar surface area (TPSA) is 92.4 Å². The fraction of sp³-hybridized carbons (Fsp3) is 0.167. The number of fused-ring (bicyclic) bond motifs is 1. The Bertz CT molecular complexity index is 1200. The molecule has 3 aromatic rings. The van der Waals surface area contributed by atoms with Gasteiger partial charge in [0.2, 0.25) is 0 Å². The minimum Gasteiger partial charge on any atom is -0.462 e. The maximum absolute atomic E-state index is 13.5. The number of carbonyl (C=O) groups is 3. The number of imide groups is 1. The highest BCUT2D eigenvalue weighted by atomic mass is 16.5. The van der Waals surface area contributed by atoms with Gasteiger partial charge in [-0.05, 0) is 62.7 Å². The van der Waals surface area contributed by atoms with Crippen LogP contribution in [0.15, 0.2) is 48.5 Å². The molecule has 0 radical (unpaired) electrons. The van der Waals surface area contributed by atoms with Crippen molar-refractivity contribution in [1.29, 1.82) is 0 Å². The van der Waals surface area contributed by atoms with Crippen molar-refractivity contribution in [2.75, 3.05) is 11.5 Å². The standard InChI is InChI=1S/C24H21N3O4/c1-4-31-24(30)16-9-11-17(12-10-16)27-22(28)19-8-6-5-7-18(19)21(23(27)29)13-20-14(2)25-26-15(20)3/h5-13H,4H2,1-3H3,(H,25,26)/b21-13-. The highest BCUT2D eigenvalue weighted by molar-refractivity contribution is 6.43. The van der Waals surface area contributed by atoms with E-state index in [9.17, 15) is 14.4 Å². The highest BCUT2D eigenvalue weighted by Gasteiger charge is 2.36. The zero-order valence-electron chi connectivity index (χ0n) is 17.4. The minimum absolute atomic E-state index is 0.265. The van der Waals surface area contributed by atoms with Crippen LogP contribution in [0.2, 0.25) is 0 Å². The van der Waals surface area contributed by atoms with Crippen molar-refractivity contribution in [3.05, 3.63) is 82.2 Å². The van der Waals surface area contributed by atoms with Crippen LogP contribution in [0.1, 0.15) is 50.2 Å². The molecule has 0 aliphatic carbocycles. The third-order valence-corrected chi connectivity index (χ3v) is 5.19. The summed E-state index contributed by atoms with van der Waals surface area (Å²) in [6.07, 6.45) is 1.77. The fourth-order valence-electron chi connectivity index (χ4n) is 3.60. The zero-order chi connectivity index (χ0) is 22.1. The van der Waals surface area contributed by atoms with Gasteiger partial charge >= 0.3 is 5.97 Å². The predicted octanol–water partition coefficient (Wildman–Crippen LogP) is 3.93. The van der Waals surface area contributed by atoms with Crippen molar-refractivity contribution >= 4 is 35.1 Å². The van der Waals surface area contributed by atoms with Gasteiger partial charge in [0.1, 0.15) is 0 Å². The van der Waals surface area contributed by atoms with E-state index in [1.165, 1.54) is 0 Å². The smallest absolute Gasteiger partial charge is 0.338 e. The van der Waals surface area contributed by atoms with Gasteiger partial charge in [-0.2, -0.15) is 5.10 Å². The first-order chi connectivity index (χ1) is 14.9. The number of nitrogens with one attached hydrogen (secondary N) is 1. The van der Waals surface area contributed by atoms with Crippen LogP contribution in [-0.4, -0.2) is 34.6 Å². The molecule has 31 heavy (non-hydrogen) atoms. The van der Waals surface area contributed by atoms with Gasteiger partial charge in [0, 0.05) is 22.4 Å². The molecule has 2 heterocycles. The first-order valence-corrected chi connectivity index (χ1v) is 9.91. The molecule has 7 nitrogen and oxygen atoms in total. The molecular formula is C24H21N3O4. The maximum Gasteiger partial charge on any atom is 0.338 e. The third kappa shape index (κ3) is 3.54. The number of hydrogen-bond acceptors (Lipinski definition) is 5. The molecule has 4 rings (SSSR count). The average Bonchev–Trinajstić information content (AvgIpc) is 3.09. The number of hydrogen-bond donors (Lipinski definition) is 1. The molecule has 1 aliphatic heterocycles. The van der Waals surface area contributed by atoms with Gasteiger partial charge in [-0.25, -0.2) is 9.69 Å². The number of rotatable bonds is 4. The summed E-state index contributed by atoms with van der Waals surface area (Å²) in [5.41, 5.74) is 4.54. The van der Waals surface area contributed by atoms with E-state index in [0.29, 0.717) is 28.0 Å². The van der Waals surface area contributed by atoms with Crippen LogP contribution in [0.4, 0.5) is 5.69 Å². The van der Waals surface area contributed by atoms with Crippen molar-refractivity contribution in [3.63, 3.8) is 0 Å². The second kappa shape index (κ2) is 8.02. The summed E-state index contributed by atoms with van der Waals surface area (Å²) in [6, 6.07) is 13.3. The maximum atomic E-state index is 13.5. The molecule has 1 aromatic heterocycles. The molecule has 2 amide bonds. The first-order valence-electron chi connectivity index (χ1n) is 9.91. The molecule has 1 aliphatic rings. The van der Waals surface area contributed by atoms with Crippen LogP contribution in [-0.2, 0) is 9.53 Å². The Kier molecular flexibility index (Phi) is 5.25. The lowest BCUT2D eigenvalue weighted by molar-refractivity contribution is -0.112. The van der Waals surface area contributed by atoms with Gasteiger partial charge in [-0.1, -0.05) is 18.2 Å². The Labute approximate surface area is 179 Å². The largest absolute Gasteiger partial charge is 0.462 e. The molecule has 2 aromatic carbocycles. The summed E-state index contributed by atoms with van der Waals surface area (Å²) < 4.78 is 5.00. The number of H-pyrrole nitrogens is 1. The molecule has 0 atom stereocenters. The van der Waals surface area contributed by atoms with Crippen molar-refractivity contribution in [2.24, 2.45) is 0 Å². The van der Waals surface area contributed by atoms with Gasteiger partial charge < -0.3 is 4.74 Å². The number of aromatic nitrogens is 2. The van der Waals surface area contributed by atoms with Crippen molar-refractivity contribution in [3.8, 4) is 0 Å². The quantitative estimate of drug-likeness (QED) is 0.396. The van der Waals surface area contributed by atoms with Crippen molar-refractivity contribution < 1.29 is 19.1 Å². The van der Waals surface area contributed by atoms with Gasteiger partial charge in [0.05, 0.1) is 23.6 Å². The van der Waals surface area contributed by atoms with Gasteiger partial charge in [-0.15, -0.1) is 0 Å². The number of nitrogens with zero attached hydrogens (tertiary/aromatic N) is 2. The van der Waals surface area contributed by atoms with E-state index in [-0.39, 0.29) is 6.61 Å². The summed E-state index contributed by atoms with van der Waals surface area (Å²) in [6.45, 7) is 5.72. The minimum atomic E-state index is -0.456. The number of anilines is 1. The summed E-state index contributed by atoms with van der Waals surface area (Å²) in [7, 11) is 0. The van der Waals surface area contributed by atoms with E-state index in [1.807, 2.05) is 13.8 Å². The molecule has 0 unspecified atom stereocenters. The van der Waals surface area contributed by atoms with E-state index in [1.54, 1.807) is 61.5 Å². The van der Waals surface area contributed by atoms with Crippen LogP contribution >= 0.6 is 0 Å². The lowest BCUT2D eigenvalue weighted by Gasteiger charge is -2.28. The predicted molar refractivity (Wildman–Crippen MR) is 117 cm³/mol. The highest BCUT2D eigenvalue weighted by Crippen LogP contribution is 2.34. The molecule has 1 N–H and O–H groups in total. The lowest BCUT2D eigenvalue weighted by atomic mass is 9.91. The molecule has 0 bridgehead atoms. The number of aryl methyl sites for hydroxylation is 2. The van der Waals surface area contributed by atoms with Crippen LogP contribution in [0, 0.1) is 13.8 Å². The van der Waals surface area contributed by atoms with E-state index in [2.05, 4.69) is 10.2 Å². The average molecular weight is 415 g/mol. The fourth-order valence-corrected chi connectivity index (χ4v) is 3.60. The Morgan fingerprint density at radius 3 is 2.32 bits per heavy atom. The number of ether oxygens (including phenoxy) is 1. The summed E-state index contributed by atoms with van der Waals surface area (Å²) in [5, 5.41) is 7.10. The van der Waals surface area contributed by atoms with E-state index < -0.39 is 17.8 Å². The molecule has 0 saturated heterocycles. The summed E-state index contributed by atoms with van der Waals surface area (Å²) in [5.74, 6) is -1.31. The van der Waals surface area contributed by atoms with Crippen LogP contribution < -0.4 is 4.90 Å². The van der Waals surface area contributed by atoms with Crippen LogP contribution in [0.5, 0.6) is 0 Å². The Balaban J connectivity index is 1.81. The zero-order valence-corrected chi connectivity index (χ0v) is 17.4. The number of amides is 2. The molecule has 0 saturated carbocycles. The lowest BCUT2D eigenvalue weighted by Crippen LogP contribution is -2.41. The first kappa shape index (κ1) is 20.3. The monoisotopic (exact) mass is 415 g/mol. The van der Waals surface area contributed by atoms with Crippen LogP contribution in [0.3, 0.4) is 0 Å². The van der Waals surface area contributed by atoms with Crippen LogP contribution in [0.25, 0.3) is 11.6 Å². The number of benzene rings is 2. The van der Waals surface area contributed by atoms with Crippen molar-refractivity contribution in [1.82, 2.24) is 10.2 Å². The second-order valence-electron chi connectivity index (χ2n) is 7.16. The Morgan fingerprint density at radius 2 is 1.71 bits per heavy atom. The summed E-state index contributed by atoms with van der Waals surface area (Å²) in [4.78, 5) is 39.7. The van der Waals surface area contributed by atoms with Crippen molar-refractivity contribution in [2.45, 2.75) is 20.8 Å². The van der Waals surface area contributed by atoms with E-state index >= 15 is 0 Å². The SMILES string of the molecule is CCOC(=O)c1ccc(N2C(=O)/C(=C\c3c(C)n[nH]c3C)c3ccccc3C2=O)cc1. The van der Waals surface area contributed by atoms with Gasteiger partial charge in [0.25, 0.3) is 11.8 Å². The number of esters is 1. The van der Waals surface area contributed by atoms with Gasteiger partial charge in [0.15, 0.2) is 0 Å². The molecule has 0 fully saturated rings. The summed E-state index contributed by atoms with van der Waals surface area (Å²) >= 11 is 0. The molecular weight excluding hydrogens is 394 g/mol.